The van der Waals surface area contributed by atoms with E-state index in [-0.39, 0.29) is 12.1 Å². The molecule has 1 aromatic rings. The van der Waals surface area contributed by atoms with Gasteiger partial charge in [-0.1, -0.05) is 12.1 Å². The molecule has 0 saturated carbocycles. The molecule has 0 aliphatic carbocycles. The topological polar surface area (TPSA) is 49.0 Å². The summed E-state index contributed by atoms with van der Waals surface area (Å²) in [7, 11) is 5.26. The molecule has 0 aliphatic heterocycles. The summed E-state index contributed by atoms with van der Waals surface area (Å²) in [4.78, 5) is 0. The second kappa shape index (κ2) is 10.6. The van der Waals surface area contributed by atoms with Crippen molar-refractivity contribution < 1.29 is 18.9 Å². The quantitative estimate of drug-likeness (QED) is 0.633. The zero-order valence-corrected chi connectivity index (χ0v) is 13.4. The van der Waals surface area contributed by atoms with Gasteiger partial charge < -0.3 is 24.3 Å². The molecular formula is C16H27NO4. The lowest BCUT2D eigenvalue weighted by molar-refractivity contribution is -0.0120. The van der Waals surface area contributed by atoms with Crippen molar-refractivity contribution in [2.45, 2.75) is 19.1 Å². The van der Waals surface area contributed by atoms with Gasteiger partial charge in [-0.25, -0.2) is 0 Å². The van der Waals surface area contributed by atoms with Gasteiger partial charge in [0.15, 0.2) is 0 Å². The number of likely N-dealkylation sites (N-methyl/N-ethyl adjacent to an activating group) is 1. The highest BCUT2D eigenvalue weighted by Crippen LogP contribution is 2.21. The average Bonchev–Trinajstić information content (AvgIpc) is 2.52. The second-order valence-electron chi connectivity index (χ2n) is 4.72. The number of benzene rings is 1. The number of hydrogen-bond donors (Lipinski definition) is 1. The lowest BCUT2D eigenvalue weighted by Gasteiger charge is -2.24. The van der Waals surface area contributed by atoms with Crippen molar-refractivity contribution in [2.24, 2.45) is 0 Å². The van der Waals surface area contributed by atoms with Crippen molar-refractivity contribution in [3.8, 4) is 5.75 Å². The van der Waals surface area contributed by atoms with Gasteiger partial charge in [0, 0.05) is 7.11 Å². The van der Waals surface area contributed by atoms with Gasteiger partial charge in [0.1, 0.15) is 5.75 Å². The highest BCUT2D eigenvalue weighted by atomic mass is 16.5. The zero-order valence-electron chi connectivity index (χ0n) is 13.4. The summed E-state index contributed by atoms with van der Waals surface area (Å²) in [6.07, 6.45) is 0.0504. The maximum absolute atomic E-state index is 5.83. The van der Waals surface area contributed by atoms with Crippen LogP contribution in [0.1, 0.15) is 18.5 Å². The Kier molecular flexibility index (Phi) is 9.01. The number of nitrogens with one attached hydrogen (secondary N) is 1. The molecule has 21 heavy (non-hydrogen) atoms. The van der Waals surface area contributed by atoms with Crippen molar-refractivity contribution in [3.05, 3.63) is 29.8 Å². The molecule has 0 radical (unpaired) electrons. The van der Waals surface area contributed by atoms with Gasteiger partial charge in [-0.3, -0.25) is 0 Å². The molecular weight excluding hydrogens is 270 g/mol. The minimum atomic E-state index is 0.0504. The maximum atomic E-state index is 5.83. The zero-order chi connectivity index (χ0) is 15.5. The van der Waals surface area contributed by atoms with Crippen molar-refractivity contribution in [1.82, 2.24) is 5.32 Å². The average molecular weight is 297 g/mol. The Balaban J connectivity index is 2.39. The summed E-state index contributed by atoms with van der Waals surface area (Å²) in [5, 5.41) is 3.29. The molecule has 5 nitrogen and oxygen atoms in total. The predicted octanol–water partition coefficient (Wildman–Crippen LogP) is 2.02. The highest BCUT2D eigenvalue weighted by Gasteiger charge is 2.18. The number of hydrogen-bond acceptors (Lipinski definition) is 5. The predicted molar refractivity (Wildman–Crippen MR) is 82.9 cm³/mol. The molecule has 0 spiro atoms. The third kappa shape index (κ3) is 6.44. The Morgan fingerprint density at radius 1 is 1.00 bits per heavy atom. The van der Waals surface area contributed by atoms with Crippen LogP contribution in [-0.4, -0.2) is 53.8 Å². The first kappa shape index (κ1) is 17.9. The van der Waals surface area contributed by atoms with Crippen LogP contribution < -0.4 is 10.1 Å². The van der Waals surface area contributed by atoms with Crippen LogP contribution in [0.25, 0.3) is 0 Å². The molecule has 120 valence electrons. The van der Waals surface area contributed by atoms with E-state index >= 15 is 0 Å². The van der Waals surface area contributed by atoms with E-state index in [9.17, 15) is 0 Å². The largest absolute Gasteiger partial charge is 0.497 e. The maximum Gasteiger partial charge on any atom is 0.118 e. The van der Waals surface area contributed by atoms with Gasteiger partial charge in [0.05, 0.1) is 45.7 Å². The molecule has 0 amide bonds. The molecule has 1 aromatic carbocycles. The third-order valence-corrected chi connectivity index (χ3v) is 3.30. The van der Waals surface area contributed by atoms with E-state index in [0.717, 1.165) is 5.75 Å². The number of methoxy groups -OCH3 is 2. The van der Waals surface area contributed by atoms with E-state index in [1.165, 1.54) is 5.56 Å². The molecule has 2 unspecified atom stereocenters. The van der Waals surface area contributed by atoms with E-state index in [1.807, 2.05) is 19.2 Å². The Morgan fingerprint density at radius 3 is 2.24 bits per heavy atom. The molecule has 0 aliphatic rings. The Hall–Kier alpha value is -1.14. The minimum absolute atomic E-state index is 0.0504. The van der Waals surface area contributed by atoms with Crippen LogP contribution in [0.2, 0.25) is 0 Å². The van der Waals surface area contributed by atoms with Gasteiger partial charge in [-0.05, 0) is 31.7 Å². The standard InChI is InChI=1S/C16H27NO4/c1-13(21-12-11-20-10-9-18-3)16(17-2)14-5-7-15(19-4)8-6-14/h5-8,13,16-17H,9-12H2,1-4H3. The first-order valence-electron chi connectivity index (χ1n) is 7.22. The fourth-order valence-electron chi connectivity index (χ4n) is 2.12. The van der Waals surface area contributed by atoms with Crippen LogP contribution in [0, 0.1) is 0 Å². The molecule has 0 fully saturated rings. The molecule has 0 bridgehead atoms. The minimum Gasteiger partial charge on any atom is -0.497 e. The van der Waals surface area contributed by atoms with Crippen LogP contribution >= 0.6 is 0 Å². The fourth-order valence-corrected chi connectivity index (χ4v) is 2.12. The van der Waals surface area contributed by atoms with Gasteiger partial charge in [-0.15, -0.1) is 0 Å². The molecule has 1 rings (SSSR count). The van der Waals surface area contributed by atoms with Crippen molar-refractivity contribution in [3.63, 3.8) is 0 Å². The molecule has 1 N–H and O–H groups in total. The molecule has 5 heteroatoms. The Bertz CT molecular complexity index is 369. The number of ether oxygens (including phenoxy) is 4. The summed E-state index contributed by atoms with van der Waals surface area (Å²) in [6.45, 7) is 4.41. The first-order chi connectivity index (χ1) is 10.2. The number of rotatable bonds is 11. The van der Waals surface area contributed by atoms with Crippen LogP contribution in [0.4, 0.5) is 0 Å². The summed E-state index contributed by atoms with van der Waals surface area (Å²) >= 11 is 0. The molecule has 0 saturated heterocycles. The molecule has 0 aromatic heterocycles. The third-order valence-electron chi connectivity index (χ3n) is 3.30. The highest BCUT2D eigenvalue weighted by molar-refractivity contribution is 5.29. The van der Waals surface area contributed by atoms with Gasteiger partial charge in [0.2, 0.25) is 0 Å². The smallest absolute Gasteiger partial charge is 0.118 e. The summed E-state index contributed by atoms with van der Waals surface area (Å²) in [5.41, 5.74) is 1.17. The lowest BCUT2D eigenvalue weighted by atomic mass is 10.0. The lowest BCUT2D eigenvalue weighted by Crippen LogP contribution is -2.30. The van der Waals surface area contributed by atoms with E-state index < -0.39 is 0 Å². The molecule has 0 heterocycles. The summed E-state index contributed by atoms with van der Waals surface area (Å²) in [6, 6.07) is 8.15. The van der Waals surface area contributed by atoms with E-state index in [0.29, 0.717) is 26.4 Å². The van der Waals surface area contributed by atoms with Crippen LogP contribution in [0.15, 0.2) is 24.3 Å². The van der Waals surface area contributed by atoms with Crippen molar-refractivity contribution in [2.75, 3.05) is 47.7 Å². The summed E-state index contributed by atoms with van der Waals surface area (Å²) < 4.78 is 21.3. The van der Waals surface area contributed by atoms with Crippen molar-refractivity contribution in [1.29, 1.82) is 0 Å². The van der Waals surface area contributed by atoms with Gasteiger partial charge in [0.25, 0.3) is 0 Å². The SMILES string of the molecule is CNC(c1ccc(OC)cc1)C(C)OCCOCCOC. The first-order valence-corrected chi connectivity index (χ1v) is 7.22. The van der Waals surface area contributed by atoms with Crippen LogP contribution in [0.3, 0.4) is 0 Å². The Morgan fingerprint density at radius 2 is 1.67 bits per heavy atom. The van der Waals surface area contributed by atoms with Gasteiger partial charge in [-0.2, -0.15) is 0 Å². The fraction of sp³-hybridized carbons (Fsp3) is 0.625. The van der Waals surface area contributed by atoms with Gasteiger partial charge >= 0.3 is 0 Å². The summed E-state index contributed by atoms with van der Waals surface area (Å²) in [5.74, 6) is 0.855. The van der Waals surface area contributed by atoms with E-state index in [4.69, 9.17) is 18.9 Å². The van der Waals surface area contributed by atoms with Crippen LogP contribution in [0.5, 0.6) is 5.75 Å². The van der Waals surface area contributed by atoms with E-state index in [1.54, 1.807) is 14.2 Å². The Labute approximate surface area is 127 Å². The molecule has 2 atom stereocenters. The monoisotopic (exact) mass is 297 g/mol. The van der Waals surface area contributed by atoms with Crippen molar-refractivity contribution >= 4 is 0 Å². The van der Waals surface area contributed by atoms with E-state index in [2.05, 4.69) is 24.4 Å². The normalized spacial score (nSPS) is 13.9. The van der Waals surface area contributed by atoms with Crippen LogP contribution in [-0.2, 0) is 14.2 Å². The second-order valence-corrected chi connectivity index (χ2v) is 4.72.